The molecule has 4 aliphatic rings. The molecule has 3 aromatic rings. The van der Waals surface area contributed by atoms with Crippen LogP contribution in [0.2, 0.25) is 0 Å². The van der Waals surface area contributed by atoms with E-state index in [1.807, 2.05) is 67.7 Å². The Bertz CT molecular complexity index is 1480. The molecule has 0 unspecified atom stereocenters. The molecule has 3 N–H and O–H groups in total. The first-order valence-corrected chi connectivity index (χ1v) is 17.6. The molecule has 240 valence electrons. The molecule has 1 heterocycles. The van der Waals surface area contributed by atoms with Crippen molar-refractivity contribution in [2.45, 2.75) is 76.4 Å². The van der Waals surface area contributed by atoms with Crippen LogP contribution in [0.3, 0.4) is 0 Å². The average Bonchev–Trinajstić information content (AvgIpc) is 3.41. The van der Waals surface area contributed by atoms with Crippen molar-refractivity contribution in [2.75, 3.05) is 18.1 Å². The van der Waals surface area contributed by atoms with Crippen LogP contribution in [-0.2, 0) is 27.2 Å². The Hall–Kier alpha value is -3.46. The van der Waals surface area contributed by atoms with E-state index < -0.39 is 11.6 Å². The minimum absolute atomic E-state index is 0.179. The molecular formula is C36H45N3O5S. The van der Waals surface area contributed by atoms with Gasteiger partial charge in [-0.2, -0.15) is 0 Å². The van der Waals surface area contributed by atoms with Crippen LogP contribution < -0.4 is 5.32 Å². The molecule has 2 amide bonds. The van der Waals surface area contributed by atoms with Crippen molar-refractivity contribution in [3.05, 3.63) is 71.9 Å². The van der Waals surface area contributed by atoms with Crippen molar-refractivity contribution in [3.63, 3.8) is 0 Å². The summed E-state index contributed by atoms with van der Waals surface area (Å²) in [4.78, 5) is 45.2. The minimum atomic E-state index is -1.35. The third kappa shape index (κ3) is 6.74. The van der Waals surface area contributed by atoms with Crippen LogP contribution in [0.25, 0.3) is 10.9 Å². The van der Waals surface area contributed by atoms with E-state index in [0.29, 0.717) is 30.6 Å². The van der Waals surface area contributed by atoms with E-state index in [2.05, 4.69) is 10.3 Å². The summed E-state index contributed by atoms with van der Waals surface area (Å²) in [5, 5.41) is 15.3. The van der Waals surface area contributed by atoms with E-state index in [-0.39, 0.29) is 48.0 Å². The van der Waals surface area contributed by atoms with E-state index in [4.69, 9.17) is 4.74 Å². The first kappa shape index (κ1) is 31.5. The molecule has 8 nitrogen and oxygen atoms in total. The molecule has 2 aromatic carbocycles. The Morgan fingerprint density at radius 3 is 2.36 bits per heavy atom. The number of hydrogen-bond acceptors (Lipinski definition) is 5. The van der Waals surface area contributed by atoms with Gasteiger partial charge in [-0.1, -0.05) is 48.5 Å². The molecule has 4 aliphatic carbocycles. The first-order chi connectivity index (χ1) is 21.7. The summed E-state index contributed by atoms with van der Waals surface area (Å²) < 4.78 is 5.12. The topological polar surface area (TPSA) is 112 Å². The third-order valence-electron chi connectivity index (χ3n) is 10.4. The number of benzene rings is 2. The summed E-state index contributed by atoms with van der Waals surface area (Å²) >= 11 is 1.43. The molecule has 0 saturated heterocycles. The Morgan fingerprint density at radius 1 is 1.02 bits per heavy atom. The fraction of sp³-hybridized carbons (Fsp3) is 0.528. The lowest BCUT2D eigenvalue weighted by molar-refractivity contribution is -0.141. The summed E-state index contributed by atoms with van der Waals surface area (Å²) in [6, 6.07) is 17.4. The summed E-state index contributed by atoms with van der Waals surface area (Å²) in [6.45, 7) is 3.94. The molecule has 4 fully saturated rings. The molecule has 7 rings (SSSR count). The van der Waals surface area contributed by atoms with Crippen LogP contribution in [0.1, 0.15) is 57.1 Å². The number of ether oxygens (including phenoxy) is 1. The lowest BCUT2D eigenvalue weighted by Gasteiger charge is -2.59. The summed E-state index contributed by atoms with van der Waals surface area (Å²) in [6.07, 6.45) is 7.18. The number of para-hydroxylation sites is 1. The second-order valence-electron chi connectivity index (χ2n) is 13.6. The lowest BCUT2D eigenvalue weighted by Crippen LogP contribution is -2.69. The number of nitrogens with one attached hydrogen (secondary N) is 2. The molecule has 0 spiro atoms. The number of thioether (sulfide) groups is 1. The maximum Gasteiger partial charge on any atom is 0.408 e. The molecule has 4 saturated carbocycles. The number of H-pyrrole nitrogens is 1. The number of fused-ring (bicyclic) bond motifs is 1. The zero-order chi connectivity index (χ0) is 31.6. The molecule has 9 heteroatoms. The second kappa shape index (κ2) is 13.5. The van der Waals surface area contributed by atoms with Gasteiger partial charge in [0.15, 0.2) is 0 Å². The third-order valence-corrected chi connectivity index (χ3v) is 11.5. The van der Waals surface area contributed by atoms with E-state index in [9.17, 15) is 19.5 Å². The maximum atomic E-state index is 14.8. The minimum Gasteiger partial charge on any atom is -0.465 e. The van der Waals surface area contributed by atoms with E-state index in [1.165, 1.54) is 18.2 Å². The molecule has 4 bridgehead atoms. The van der Waals surface area contributed by atoms with Crippen LogP contribution in [0.5, 0.6) is 0 Å². The van der Waals surface area contributed by atoms with Crippen LogP contribution in [0.4, 0.5) is 4.79 Å². The molecule has 2 atom stereocenters. The van der Waals surface area contributed by atoms with Gasteiger partial charge >= 0.3 is 12.1 Å². The smallest absolute Gasteiger partial charge is 0.408 e. The number of rotatable bonds is 13. The summed E-state index contributed by atoms with van der Waals surface area (Å²) in [5.41, 5.74) is 1.60. The quantitative estimate of drug-likeness (QED) is 0.191. The Morgan fingerprint density at radius 2 is 1.69 bits per heavy atom. The Balaban J connectivity index is 1.33. The van der Waals surface area contributed by atoms with Gasteiger partial charge in [0.05, 0.1) is 12.4 Å². The van der Waals surface area contributed by atoms with E-state index in [1.54, 1.807) is 11.8 Å². The fourth-order valence-electron chi connectivity index (χ4n) is 8.79. The largest absolute Gasteiger partial charge is 0.465 e. The number of carbonyl (C=O) groups is 3. The van der Waals surface area contributed by atoms with Crippen molar-refractivity contribution in [2.24, 2.45) is 23.7 Å². The number of carboxylic acid groups (broad SMARTS) is 1. The van der Waals surface area contributed by atoms with Crippen molar-refractivity contribution >= 4 is 40.6 Å². The monoisotopic (exact) mass is 631 g/mol. The number of hydrogen-bond donors (Lipinski definition) is 3. The standard InChI is InChI=1S/C36H45N3O5S/c1-3-44-32(40)22-45-21-29(18-23-9-5-4-6-10-23)38-34(41)36(2,19-28-20-37-31-12-8-7-11-30(28)31)39(35(42)43)33-26-14-24-13-25(16-26)17-27(33)15-24/h4-12,20,24-27,29,33,37H,3,13-19,21-22H2,1-2H3,(H,38,41)(H,42,43)/t24?,25?,26?,27?,29-,33?,36+/m1/s1. The number of amides is 2. The molecule has 0 aliphatic heterocycles. The van der Waals surface area contributed by atoms with Gasteiger partial charge in [-0.15, -0.1) is 11.8 Å². The zero-order valence-electron chi connectivity index (χ0n) is 26.2. The summed E-state index contributed by atoms with van der Waals surface area (Å²) in [5.74, 6) is 2.04. The highest BCUT2D eigenvalue weighted by Crippen LogP contribution is 2.56. The van der Waals surface area contributed by atoms with Gasteiger partial charge in [-0.05, 0) is 93.2 Å². The van der Waals surface area contributed by atoms with Gasteiger partial charge in [0.2, 0.25) is 5.91 Å². The molecule has 1 aromatic heterocycles. The van der Waals surface area contributed by atoms with Crippen molar-refractivity contribution in [1.29, 1.82) is 0 Å². The van der Waals surface area contributed by atoms with Crippen molar-refractivity contribution in [3.8, 4) is 0 Å². The highest BCUT2D eigenvalue weighted by Gasteiger charge is 2.56. The highest BCUT2D eigenvalue weighted by atomic mass is 32.2. The van der Waals surface area contributed by atoms with Crippen LogP contribution in [-0.4, -0.2) is 68.7 Å². The second-order valence-corrected chi connectivity index (χ2v) is 14.6. The van der Waals surface area contributed by atoms with Gasteiger partial charge in [0, 0.05) is 41.4 Å². The number of carbonyl (C=O) groups excluding carboxylic acids is 2. The van der Waals surface area contributed by atoms with E-state index >= 15 is 0 Å². The summed E-state index contributed by atoms with van der Waals surface area (Å²) in [7, 11) is 0. The number of aromatic nitrogens is 1. The fourth-order valence-corrected chi connectivity index (χ4v) is 9.64. The van der Waals surface area contributed by atoms with Crippen molar-refractivity contribution < 1.29 is 24.2 Å². The zero-order valence-corrected chi connectivity index (χ0v) is 27.1. The molecule has 45 heavy (non-hydrogen) atoms. The average molecular weight is 632 g/mol. The van der Waals surface area contributed by atoms with Crippen LogP contribution >= 0.6 is 11.8 Å². The Labute approximate surface area is 269 Å². The highest BCUT2D eigenvalue weighted by molar-refractivity contribution is 7.99. The van der Waals surface area contributed by atoms with Gasteiger partial charge in [0.25, 0.3) is 0 Å². The van der Waals surface area contributed by atoms with Gasteiger partial charge in [-0.25, -0.2) is 4.79 Å². The number of nitrogens with zero attached hydrogens (tertiary/aromatic N) is 1. The van der Waals surface area contributed by atoms with E-state index in [0.717, 1.165) is 47.7 Å². The van der Waals surface area contributed by atoms with Crippen LogP contribution in [0.15, 0.2) is 60.8 Å². The first-order valence-electron chi connectivity index (χ1n) is 16.4. The normalized spacial score (nSPS) is 25.4. The van der Waals surface area contributed by atoms with Crippen molar-refractivity contribution in [1.82, 2.24) is 15.2 Å². The van der Waals surface area contributed by atoms with Gasteiger partial charge in [0.1, 0.15) is 5.54 Å². The van der Waals surface area contributed by atoms with Gasteiger partial charge in [-0.3, -0.25) is 14.5 Å². The Kier molecular flexibility index (Phi) is 9.45. The van der Waals surface area contributed by atoms with Crippen LogP contribution in [0, 0.1) is 23.7 Å². The lowest BCUT2D eigenvalue weighted by atomic mass is 9.53. The number of aromatic amines is 1. The SMILES string of the molecule is CCOC(=O)CSC[C@@H](Cc1ccccc1)NC(=O)[C@](C)(Cc1c[nH]c2ccccc12)N(C(=O)O)C1C2CC3CC(C2)CC1C3. The molecule has 0 radical (unpaired) electrons. The molecular weight excluding hydrogens is 586 g/mol. The van der Waals surface area contributed by atoms with Gasteiger partial charge < -0.3 is 20.1 Å². The predicted octanol–water partition coefficient (Wildman–Crippen LogP) is 6.30. The predicted molar refractivity (Wildman–Crippen MR) is 177 cm³/mol. The number of esters is 1. The maximum absolute atomic E-state index is 14.8.